The number of rotatable bonds is 46. The molecule has 0 saturated heterocycles. The second-order valence-electron chi connectivity index (χ2n) is 24.0. The van der Waals surface area contributed by atoms with Gasteiger partial charge in [0.25, 0.3) is 0 Å². The summed E-state index contributed by atoms with van der Waals surface area (Å²) in [4.78, 5) is 175. The quantitative estimate of drug-likeness (QED) is 0.0217. The topological polar surface area (TPSA) is 566 Å². The average molecular weight is 1400 g/mol. The number of unbranched alkanes of at least 4 members (excludes halogenated alkanes) is 2. The second kappa shape index (κ2) is 45.1. The molecule has 0 bridgehead atoms. The highest BCUT2D eigenvalue weighted by Crippen LogP contribution is 2.16. The van der Waals surface area contributed by atoms with Crippen molar-refractivity contribution in [2.75, 3.05) is 45.2 Å². The number of hydrogen-bond donors (Lipinski definition) is 22. The van der Waals surface area contributed by atoms with Gasteiger partial charge < -0.3 is 112 Å². The van der Waals surface area contributed by atoms with Crippen LogP contribution >= 0.6 is 12.6 Å². The van der Waals surface area contributed by atoms with Gasteiger partial charge >= 0.3 is 5.97 Å². The van der Waals surface area contributed by atoms with Crippen LogP contribution in [0.5, 0.6) is 5.75 Å². The van der Waals surface area contributed by atoms with E-state index in [0.29, 0.717) is 43.4 Å². The molecule has 98 heavy (non-hydrogen) atoms. The van der Waals surface area contributed by atoms with Gasteiger partial charge in [0.15, 0.2) is 0 Å². The maximum atomic E-state index is 14.4. The number of carbonyl (C=O) groups is 13. The largest absolute Gasteiger partial charge is 0.508 e. The van der Waals surface area contributed by atoms with E-state index < -0.39 is 188 Å². The van der Waals surface area contributed by atoms with Crippen molar-refractivity contribution in [3.8, 4) is 5.75 Å². The number of nitrogens with one attached hydrogen (secondary N) is 12. The molecule has 548 valence electrons. The Labute approximate surface area is 574 Å². The molecule has 24 N–H and O–H groups in total. The number of carboxylic acid groups (broad SMARTS) is 1. The minimum Gasteiger partial charge on any atom is -0.508 e. The summed E-state index contributed by atoms with van der Waals surface area (Å²) >= 11 is 4.19. The predicted molar refractivity (Wildman–Crippen MR) is 359 cm³/mol. The van der Waals surface area contributed by atoms with Crippen LogP contribution in [0.25, 0.3) is 0 Å². The molecule has 35 heteroatoms. The second-order valence-corrected chi connectivity index (χ2v) is 24.4. The number of carbonyl (C=O) groups excluding carboxylic acids is 12. The summed E-state index contributed by atoms with van der Waals surface area (Å²) in [6, 6.07) is -4.05. The Morgan fingerprint density at radius 3 is 1.44 bits per heavy atom. The van der Waals surface area contributed by atoms with Gasteiger partial charge in [-0.25, -0.2) is 4.79 Å². The van der Waals surface area contributed by atoms with Gasteiger partial charge in [0.1, 0.15) is 72.2 Å². The van der Waals surface area contributed by atoms with Crippen molar-refractivity contribution in [3.63, 3.8) is 0 Å². The number of hydrogen-bond acceptors (Lipinski definition) is 22. The fraction of sp³-hybridized carbons (Fsp3) is 0.603. The number of benzene rings is 2. The van der Waals surface area contributed by atoms with Gasteiger partial charge in [-0.15, -0.1) is 0 Å². The molecule has 0 heterocycles. The Bertz CT molecular complexity index is 2940. The number of phenols is 1. The highest BCUT2D eigenvalue weighted by atomic mass is 32.1. The van der Waals surface area contributed by atoms with Crippen LogP contribution in [0.1, 0.15) is 104 Å². The van der Waals surface area contributed by atoms with E-state index in [1.165, 1.54) is 31.2 Å². The molecule has 0 unspecified atom stereocenters. The van der Waals surface area contributed by atoms with Crippen LogP contribution in [0.2, 0.25) is 0 Å². The third kappa shape index (κ3) is 30.5. The van der Waals surface area contributed by atoms with E-state index in [-0.39, 0.29) is 62.5 Å². The summed E-state index contributed by atoms with van der Waals surface area (Å²) in [7, 11) is 0. The summed E-state index contributed by atoms with van der Waals surface area (Å²) in [5, 5.41) is 88.7. The number of phenolic OH excluding ortho intramolecular Hbond substituents is 1. The first kappa shape index (κ1) is 85.5. The third-order valence-electron chi connectivity index (χ3n) is 15.4. The molecule has 0 aromatic heterocycles. The molecule has 0 aliphatic heterocycles. The SMILES string of the molecule is CC[C@H](C)[C@H](NC(=O)[C@H](Cc1ccc(O)cc1)NC(=O)CNC(=O)[C@H](CO)NC(=O)[C@H](C)NC(=O)[C@H](CCCCN)NC(=O)[C@H](CS)NC(=O)[C@H](CO)NC(=O)[C@H](CC(C)C)NC(=O)[C@@H](N)CCCCN)C(=O)N[C@@H](Cc1ccccc1)C(=O)N[C@H](C(=O)N[C@@H](CO)C(=O)O)[C@@H](C)O. The number of aliphatic carboxylic acids is 1. The molecule has 2 aromatic rings. The van der Waals surface area contributed by atoms with E-state index >= 15 is 0 Å². The lowest BCUT2D eigenvalue weighted by Gasteiger charge is -2.29. The number of thiol groups is 1. The van der Waals surface area contributed by atoms with Crippen molar-refractivity contribution in [2.24, 2.45) is 29.0 Å². The van der Waals surface area contributed by atoms with Gasteiger partial charge in [-0.05, 0) is 101 Å². The first-order valence-corrected chi connectivity index (χ1v) is 32.9. The van der Waals surface area contributed by atoms with Crippen molar-refractivity contribution in [1.29, 1.82) is 0 Å². The van der Waals surface area contributed by atoms with E-state index in [9.17, 15) is 93.0 Å². The third-order valence-corrected chi connectivity index (χ3v) is 15.8. The number of amides is 12. The Morgan fingerprint density at radius 1 is 0.469 bits per heavy atom. The Kier molecular flexibility index (Phi) is 39.3. The molecule has 0 aliphatic carbocycles. The molecule has 0 spiro atoms. The monoisotopic (exact) mass is 1400 g/mol. The van der Waals surface area contributed by atoms with E-state index in [4.69, 9.17) is 17.2 Å². The Hall–Kier alpha value is -8.58. The highest BCUT2D eigenvalue weighted by molar-refractivity contribution is 7.80. The number of nitrogens with two attached hydrogens (primary N) is 3. The van der Waals surface area contributed by atoms with E-state index in [0.717, 1.165) is 6.92 Å². The highest BCUT2D eigenvalue weighted by Gasteiger charge is 2.37. The molecule has 2 rings (SSSR count). The minimum atomic E-state index is -1.79. The standard InChI is InChI=1S/C63H101N15O19S/c1-7-34(4)50(61(94)72-44(26-37-15-9-8-10-16-37)58(91)78-51(36(6)82)62(95)75-47(31-81)63(96)97)77-57(90)43(27-38-19-21-39(83)22-20-38)69-49(84)28-67-54(87)45(29-79)73-52(85)35(5)68-55(88)41(18-12-14-24-65)70-60(93)48(32-98)76-59(92)46(30-80)74-56(89)42(25-33(2)3)71-53(86)40(66)17-11-13-23-64/h8-10,15-16,19-22,33-36,40-48,50-51,79-83,98H,7,11-14,17-18,23-32,64-66H2,1-6H3,(H,67,87)(H,68,88)(H,69,84)(H,70,93)(H,71,86)(H,72,94)(H,73,85)(H,74,89)(H,75,95)(H,76,92)(H,77,90)(H,78,91)(H,96,97)/t34-,35-,36+,40-,41-,42-,43-,44-,45-,46-,47-,48-,50-,51-/m0/s1. The molecule has 0 fully saturated rings. The van der Waals surface area contributed by atoms with Crippen molar-refractivity contribution >= 4 is 89.5 Å². The normalized spacial score (nSPS) is 15.5. The molecule has 0 saturated carbocycles. The van der Waals surface area contributed by atoms with Crippen LogP contribution in [-0.4, -0.2) is 231 Å². The summed E-state index contributed by atoms with van der Waals surface area (Å²) in [5.41, 5.74) is 18.2. The molecular formula is C63H101N15O19S. The number of aliphatic hydroxyl groups is 4. The summed E-state index contributed by atoms with van der Waals surface area (Å²) in [6.45, 7) is 5.99. The molecule has 0 aliphatic rings. The number of aliphatic hydroxyl groups excluding tert-OH is 4. The van der Waals surface area contributed by atoms with Crippen LogP contribution in [0, 0.1) is 11.8 Å². The predicted octanol–water partition coefficient (Wildman–Crippen LogP) is -6.30. The van der Waals surface area contributed by atoms with Crippen LogP contribution in [-0.2, 0) is 75.2 Å². The maximum Gasteiger partial charge on any atom is 0.328 e. The number of aromatic hydroxyl groups is 1. The first-order chi connectivity index (χ1) is 46.4. The van der Waals surface area contributed by atoms with E-state index in [1.54, 1.807) is 58.0 Å². The zero-order chi connectivity index (χ0) is 73.8. The van der Waals surface area contributed by atoms with Gasteiger partial charge in [0.05, 0.1) is 38.5 Å². The zero-order valence-corrected chi connectivity index (χ0v) is 56.9. The fourth-order valence-corrected chi connectivity index (χ4v) is 9.71. The lowest BCUT2D eigenvalue weighted by Crippen LogP contribution is -2.62. The maximum absolute atomic E-state index is 14.4. The molecular weight excluding hydrogens is 1300 g/mol. The average Bonchev–Trinajstić information content (AvgIpc) is 0.856. The van der Waals surface area contributed by atoms with Crippen molar-refractivity contribution < 1.29 is 93.0 Å². The lowest BCUT2D eigenvalue weighted by molar-refractivity contribution is -0.144. The first-order valence-electron chi connectivity index (χ1n) is 32.3. The van der Waals surface area contributed by atoms with E-state index in [2.05, 4.69) is 71.1 Å². The lowest BCUT2D eigenvalue weighted by atomic mass is 9.96. The number of carboxylic acids is 1. The van der Waals surface area contributed by atoms with Gasteiger partial charge in [-0.2, -0.15) is 12.6 Å². The fourth-order valence-electron chi connectivity index (χ4n) is 9.45. The van der Waals surface area contributed by atoms with Crippen molar-refractivity contribution in [1.82, 2.24) is 63.8 Å². The molecule has 2 aromatic carbocycles. The molecule has 14 atom stereocenters. The molecule has 34 nitrogen and oxygen atoms in total. The van der Waals surface area contributed by atoms with Crippen LogP contribution < -0.4 is 81.0 Å². The summed E-state index contributed by atoms with van der Waals surface area (Å²) < 4.78 is 0. The van der Waals surface area contributed by atoms with Gasteiger partial charge in [-0.3, -0.25) is 57.5 Å². The molecule has 12 amide bonds. The zero-order valence-electron chi connectivity index (χ0n) is 56.0. The Morgan fingerprint density at radius 2 is 0.908 bits per heavy atom. The van der Waals surface area contributed by atoms with E-state index in [1.807, 2.05) is 5.32 Å². The van der Waals surface area contributed by atoms with Gasteiger partial charge in [0, 0.05) is 18.6 Å². The van der Waals surface area contributed by atoms with Crippen molar-refractivity contribution in [3.05, 3.63) is 65.7 Å². The van der Waals surface area contributed by atoms with Crippen molar-refractivity contribution in [2.45, 2.75) is 184 Å². The Balaban J connectivity index is 2.27. The van der Waals surface area contributed by atoms with Crippen LogP contribution in [0.15, 0.2) is 54.6 Å². The summed E-state index contributed by atoms with van der Waals surface area (Å²) in [5.74, 6) is -14.4. The molecule has 0 radical (unpaired) electrons. The van der Waals surface area contributed by atoms with Crippen LogP contribution in [0.3, 0.4) is 0 Å². The van der Waals surface area contributed by atoms with Crippen LogP contribution in [0.4, 0.5) is 0 Å². The van der Waals surface area contributed by atoms with Gasteiger partial charge in [0.2, 0.25) is 70.9 Å². The minimum absolute atomic E-state index is 0.0406. The van der Waals surface area contributed by atoms with Gasteiger partial charge in [-0.1, -0.05) is 83.0 Å². The smallest absolute Gasteiger partial charge is 0.328 e. The summed E-state index contributed by atoms with van der Waals surface area (Å²) in [6.07, 6.45) is 0.441.